The quantitative estimate of drug-likeness (QED) is 0.602. The lowest BCUT2D eigenvalue weighted by molar-refractivity contribution is 0.347. The third-order valence-corrected chi connectivity index (χ3v) is 2.20. The summed E-state index contributed by atoms with van der Waals surface area (Å²) in [7, 11) is 0. The molecule has 2 N–H and O–H groups in total. The number of hydrogen-bond donors (Lipinski definition) is 1. The summed E-state index contributed by atoms with van der Waals surface area (Å²) < 4.78 is 2.01. The molecule has 0 bridgehead atoms. The third-order valence-electron chi connectivity index (χ3n) is 2.20. The fourth-order valence-electron chi connectivity index (χ4n) is 1.67. The van der Waals surface area contributed by atoms with Gasteiger partial charge in [0.25, 0.3) is 0 Å². The topological polar surface area (TPSA) is 43.8 Å². The number of rotatable bonds is 0. The van der Waals surface area contributed by atoms with Crippen LogP contribution in [0.3, 0.4) is 0 Å². The van der Waals surface area contributed by atoms with E-state index in [-0.39, 0.29) is 0 Å². The highest BCUT2D eigenvalue weighted by Crippen LogP contribution is 2.33. The van der Waals surface area contributed by atoms with E-state index < -0.39 is 0 Å². The fourth-order valence-corrected chi connectivity index (χ4v) is 1.67. The van der Waals surface area contributed by atoms with E-state index in [0.717, 1.165) is 18.7 Å². The van der Waals surface area contributed by atoms with Crippen LogP contribution in [0.15, 0.2) is 6.20 Å². The smallest absolute Gasteiger partial charge is 0.0733 e. The molecule has 0 atom stereocenters. The number of fused-ring (bicyclic) bond motifs is 1. The molecule has 2 heterocycles. The molecule has 0 aliphatic carbocycles. The van der Waals surface area contributed by atoms with Crippen molar-refractivity contribution in [2.75, 3.05) is 5.73 Å². The number of anilines is 1. The molecule has 3 nitrogen and oxygen atoms in total. The Hall–Kier alpha value is -0.990. The van der Waals surface area contributed by atoms with E-state index in [4.69, 9.17) is 5.73 Å². The molecular formula is C8H13N3. The summed E-state index contributed by atoms with van der Waals surface area (Å²) >= 11 is 0. The predicted octanol–water partition coefficient (Wildman–Crippen LogP) is 1.05. The lowest BCUT2D eigenvalue weighted by Gasteiger charge is -2.14. The molecule has 2 rings (SSSR count). The minimum atomic E-state index is 0.345. The second kappa shape index (κ2) is 1.78. The van der Waals surface area contributed by atoms with Gasteiger partial charge in [-0.15, -0.1) is 0 Å². The Balaban J connectivity index is 2.42. The predicted molar refractivity (Wildman–Crippen MR) is 44.1 cm³/mol. The van der Waals surface area contributed by atoms with Crippen molar-refractivity contribution in [1.82, 2.24) is 9.78 Å². The summed E-state index contributed by atoms with van der Waals surface area (Å²) in [6.45, 7) is 5.47. The molecule has 60 valence electrons. The van der Waals surface area contributed by atoms with Crippen LogP contribution in [0.4, 0.5) is 5.69 Å². The molecule has 1 aliphatic heterocycles. The Morgan fingerprint density at radius 3 is 3.00 bits per heavy atom. The Labute approximate surface area is 66.2 Å². The first-order valence-corrected chi connectivity index (χ1v) is 3.89. The minimum Gasteiger partial charge on any atom is -0.396 e. The molecular weight excluding hydrogens is 138 g/mol. The van der Waals surface area contributed by atoms with Crippen LogP contribution in [0.5, 0.6) is 0 Å². The average molecular weight is 151 g/mol. The lowest BCUT2D eigenvalue weighted by Crippen LogP contribution is -2.12. The number of aromatic nitrogens is 2. The van der Waals surface area contributed by atoms with Gasteiger partial charge in [-0.3, -0.25) is 4.68 Å². The van der Waals surface area contributed by atoms with Gasteiger partial charge in [-0.25, -0.2) is 0 Å². The van der Waals surface area contributed by atoms with Crippen molar-refractivity contribution < 1.29 is 0 Å². The maximum absolute atomic E-state index is 5.73. The van der Waals surface area contributed by atoms with Crippen LogP contribution in [0.1, 0.15) is 19.5 Å². The van der Waals surface area contributed by atoms with Gasteiger partial charge in [-0.2, -0.15) is 5.10 Å². The average Bonchev–Trinajstić information content (AvgIpc) is 2.31. The highest BCUT2D eigenvalue weighted by molar-refractivity contribution is 5.42. The maximum atomic E-state index is 5.73. The lowest BCUT2D eigenvalue weighted by atomic mass is 9.91. The van der Waals surface area contributed by atoms with E-state index in [1.807, 2.05) is 4.68 Å². The normalized spacial score (nSPS) is 20.2. The number of nitrogens with zero attached hydrogens (tertiary/aromatic N) is 2. The SMILES string of the molecule is CC1(C)Cc2c(N)cnn2C1. The first-order chi connectivity index (χ1) is 5.08. The molecule has 0 spiro atoms. The minimum absolute atomic E-state index is 0.345. The zero-order chi connectivity index (χ0) is 8.06. The van der Waals surface area contributed by atoms with Crippen molar-refractivity contribution in [3.8, 4) is 0 Å². The second-order valence-electron chi connectivity index (χ2n) is 4.05. The number of nitrogen functional groups attached to an aromatic ring is 1. The van der Waals surface area contributed by atoms with Gasteiger partial charge >= 0.3 is 0 Å². The van der Waals surface area contributed by atoms with Crippen molar-refractivity contribution in [1.29, 1.82) is 0 Å². The highest BCUT2D eigenvalue weighted by atomic mass is 15.3. The van der Waals surface area contributed by atoms with Gasteiger partial charge in [0.1, 0.15) is 0 Å². The monoisotopic (exact) mass is 151 g/mol. The summed E-state index contributed by atoms with van der Waals surface area (Å²) in [5, 5.41) is 4.18. The molecule has 0 unspecified atom stereocenters. The number of hydrogen-bond acceptors (Lipinski definition) is 2. The zero-order valence-electron chi connectivity index (χ0n) is 6.96. The van der Waals surface area contributed by atoms with Crippen LogP contribution in [0, 0.1) is 5.41 Å². The van der Waals surface area contributed by atoms with Crippen LogP contribution >= 0.6 is 0 Å². The van der Waals surface area contributed by atoms with Crippen molar-refractivity contribution in [3.05, 3.63) is 11.9 Å². The summed E-state index contributed by atoms with van der Waals surface area (Å²) in [4.78, 5) is 0. The van der Waals surface area contributed by atoms with Crippen molar-refractivity contribution >= 4 is 5.69 Å². The van der Waals surface area contributed by atoms with E-state index >= 15 is 0 Å². The Morgan fingerprint density at radius 1 is 1.64 bits per heavy atom. The molecule has 3 heteroatoms. The van der Waals surface area contributed by atoms with E-state index in [1.54, 1.807) is 6.20 Å². The first kappa shape index (κ1) is 6.70. The van der Waals surface area contributed by atoms with Crippen molar-refractivity contribution in [2.45, 2.75) is 26.8 Å². The van der Waals surface area contributed by atoms with Crippen LogP contribution < -0.4 is 5.73 Å². The van der Waals surface area contributed by atoms with E-state index in [2.05, 4.69) is 18.9 Å². The molecule has 0 radical (unpaired) electrons. The van der Waals surface area contributed by atoms with Gasteiger partial charge in [-0.05, 0) is 11.8 Å². The molecule has 0 aromatic carbocycles. The molecule has 1 aromatic heterocycles. The van der Waals surface area contributed by atoms with Gasteiger partial charge < -0.3 is 5.73 Å². The van der Waals surface area contributed by atoms with Crippen LogP contribution in [0.25, 0.3) is 0 Å². The van der Waals surface area contributed by atoms with Gasteiger partial charge in [0.05, 0.1) is 17.6 Å². The van der Waals surface area contributed by atoms with Gasteiger partial charge in [0, 0.05) is 6.54 Å². The van der Waals surface area contributed by atoms with Gasteiger partial charge in [0.15, 0.2) is 0 Å². The Kier molecular flexibility index (Phi) is 1.09. The molecule has 0 amide bonds. The van der Waals surface area contributed by atoms with Crippen molar-refractivity contribution in [2.24, 2.45) is 5.41 Å². The number of nitrogens with two attached hydrogens (primary N) is 1. The van der Waals surface area contributed by atoms with E-state index in [9.17, 15) is 0 Å². The first-order valence-electron chi connectivity index (χ1n) is 3.89. The molecule has 0 fully saturated rings. The molecule has 1 aromatic rings. The Morgan fingerprint density at radius 2 is 2.36 bits per heavy atom. The third kappa shape index (κ3) is 0.914. The zero-order valence-corrected chi connectivity index (χ0v) is 6.96. The molecule has 0 saturated heterocycles. The fraction of sp³-hybridized carbons (Fsp3) is 0.625. The second-order valence-corrected chi connectivity index (χ2v) is 4.05. The highest BCUT2D eigenvalue weighted by Gasteiger charge is 2.30. The molecule has 1 aliphatic rings. The van der Waals surface area contributed by atoms with Gasteiger partial charge in [-0.1, -0.05) is 13.8 Å². The van der Waals surface area contributed by atoms with Crippen LogP contribution in [-0.4, -0.2) is 9.78 Å². The summed E-state index contributed by atoms with van der Waals surface area (Å²) in [5.41, 5.74) is 8.12. The van der Waals surface area contributed by atoms with Gasteiger partial charge in [0.2, 0.25) is 0 Å². The van der Waals surface area contributed by atoms with E-state index in [1.165, 1.54) is 5.69 Å². The summed E-state index contributed by atoms with van der Waals surface area (Å²) in [5.74, 6) is 0. The summed E-state index contributed by atoms with van der Waals surface area (Å²) in [6, 6.07) is 0. The van der Waals surface area contributed by atoms with Crippen LogP contribution in [0.2, 0.25) is 0 Å². The molecule has 0 saturated carbocycles. The Bertz CT molecular complexity index is 286. The standard InChI is InChI=1S/C8H13N3/c1-8(2)3-7-6(9)4-10-11(7)5-8/h4H,3,5,9H2,1-2H3. The summed E-state index contributed by atoms with van der Waals surface area (Å²) in [6.07, 6.45) is 2.80. The van der Waals surface area contributed by atoms with Crippen LogP contribution in [-0.2, 0) is 13.0 Å². The molecule has 11 heavy (non-hydrogen) atoms. The maximum Gasteiger partial charge on any atom is 0.0733 e. The van der Waals surface area contributed by atoms with E-state index in [0.29, 0.717) is 5.41 Å². The van der Waals surface area contributed by atoms with Crippen molar-refractivity contribution in [3.63, 3.8) is 0 Å². The largest absolute Gasteiger partial charge is 0.396 e.